The molecule has 0 aliphatic heterocycles. The Kier molecular flexibility index (Phi) is 6.36. The first-order chi connectivity index (χ1) is 13.6. The van der Waals surface area contributed by atoms with Crippen LogP contribution in [0.1, 0.15) is 20.7 Å². The Morgan fingerprint density at radius 1 is 0.724 bits per heavy atom. The number of carboxylic acids is 2. The van der Waals surface area contributed by atoms with E-state index in [1.54, 1.807) is 0 Å². The van der Waals surface area contributed by atoms with E-state index in [1.807, 2.05) is 0 Å². The molecule has 0 aromatic heterocycles. The third-order valence-electron chi connectivity index (χ3n) is 3.33. The average molecular weight is 605 g/mol. The Morgan fingerprint density at radius 2 is 1.07 bits per heavy atom. The Bertz CT molecular complexity index is 956. The van der Waals surface area contributed by atoms with Crippen LogP contribution < -0.4 is 0 Å². The number of nitrogens with zero attached hydrogens (tertiary/aromatic N) is 2. The summed E-state index contributed by atoms with van der Waals surface area (Å²) in [5, 5.41) is 56.2. The summed E-state index contributed by atoms with van der Waals surface area (Å²) in [6, 6.07) is 3.35. The number of phenols is 4. The molecule has 2 aromatic carbocycles. The normalized spacial score (nSPS) is 10.2. The summed E-state index contributed by atoms with van der Waals surface area (Å²) in [6.07, 6.45) is 0. The molecule has 0 spiro atoms. The van der Waals surface area contributed by atoms with Gasteiger partial charge in [-0.05, 0) is 0 Å². The molecular formula is C14H10N2O12Pb+2. The predicted molar refractivity (Wildman–Crippen MR) is 88.0 cm³/mol. The van der Waals surface area contributed by atoms with Gasteiger partial charge in [0.2, 0.25) is 0 Å². The molecule has 150 valence electrons. The Balaban J connectivity index is 2.11. The fourth-order valence-corrected chi connectivity index (χ4v) is 3.46. The van der Waals surface area contributed by atoms with Crippen LogP contribution in [-0.2, 0) is 5.58 Å². The molecule has 0 fully saturated rings. The van der Waals surface area contributed by atoms with Gasteiger partial charge in [-0.25, -0.2) is 0 Å². The molecule has 6 N–H and O–H groups in total. The van der Waals surface area contributed by atoms with Crippen molar-refractivity contribution in [3.05, 3.63) is 45.2 Å². The van der Waals surface area contributed by atoms with Gasteiger partial charge in [0.1, 0.15) is 0 Å². The zero-order valence-corrected chi connectivity index (χ0v) is 17.7. The molecule has 0 amide bonds. The van der Waals surface area contributed by atoms with E-state index >= 15 is 0 Å². The Hall–Kier alpha value is -3.70. The predicted octanol–water partition coefficient (Wildman–Crippen LogP) is 0.824. The Labute approximate surface area is 172 Å². The molecule has 0 atom stereocenters. The molecule has 29 heavy (non-hydrogen) atoms. The summed E-state index contributed by atoms with van der Waals surface area (Å²) in [5.41, 5.74) is -3.26. The van der Waals surface area contributed by atoms with Gasteiger partial charge >= 0.3 is 172 Å². The van der Waals surface area contributed by atoms with E-state index in [0.717, 1.165) is 24.3 Å². The number of aromatic hydroxyl groups is 4. The second-order valence-corrected chi connectivity index (χ2v) is 7.11. The molecule has 0 aliphatic carbocycles. The van der Waals surface area contributed by atoms with Crippen molar-refractivity contribution in [1.29, 1.82) is 0 Å². The van der Waals surface area contributed by atoms with Gasteiger partial charge in [0.05, 0.1) is 0 Å². The minimum atomic E-state index is -3.05. The van der Waals surface area contributed by atoms with Crippen molar-refractivity contribution in [2.45, 2.75) is 0 Å². The minimum absolute atomic E-state index is 0.322. The molecule has 2 radical (unpaired) electrons. The van der Waals surface area contributed by atoms with E-state index in [-0.39, 0.29) is 9.85 Å². The van der Waals surface area contributed by atoms with Crippen molar-refractivity contribution < 1.29 is 55.7 Å². The molecule has 0 bridgehead atoms. The molecule has 0 heterocycles. The maximum atomic E-state index is 11.9. The SMILES string of the molecule is O=C(O)c1c(O)ccc([N+](=O)[O][Pb][O][N+](=O)c2ccc(O)c(C(=O)O)c2O)c1O. The molecule has 0 saturated carbocycles. The molecule has 15 heteroatoms. The first kappa shape index (κ1) is 21.6. The van der Waals surface area contributed by atoms with Gasteiger partial charge in [-0.2, -0.15) is 0 Å². The van der Waals surface area contributed by atoms with Crippen LogP contribution in [0.5, 0.6) is 23.0 Å². The van der Waals surface area contributed by atoms with Crippen molar-refractivity contribution in [3.8, 4) is 23.0 Å². The van der Waals surface area contributed by atoms with E-state index in [4.69, 9.17) is 10.2 Å². The van der Waals surface area contributed by atoms with E-state index < -0.39 is 82.6 Å². The molecule has 2 rings (SSSR count). The van der Waals surface area contributed by atoms with Crippen LogP contribution in [0.3, 0.4) is 0 Å². The summed E-state index contributed by atoms with van der Waals surface area (Å²) in [6.45, 7) is 0. The van der Waals surface area contributed by atoms with Crippen LogP contribution in [-0.4, -0.2) is 77.6 Å². The zero-order chi connectivity index (χ0) is 21.9. The number of carboxylic acid groups (broad SMARTS) is 2. The summed E-state index contributed by atoms with van der Waals surface area (Å²) < 4.78 is 9.29. The average Bonchev–Trinajstić information content (AvgIpc) is 2.60. The van der Waals surface area contributed by atoms with Gasteiger partial charge in [0.15, 0.2) is 0 Å². The van der Waals surface area contributed by atoms with E-state index in [0.29, 0.717) is 0 Å². The number of carbonyl (C=O) groups is 2. The van der Waals surface area contributed by atoms with Crippen LogP contribution in [0.4, 0.5) is 11.4 Å². The van der Waals surface area contributed by atoms with Crippen LogP contribution in [0.25, 0.3) is 0 Å². The standard InChI is InChI=1S/2C7H5NO6.Pb/c2*9-4-2-1-3(8(13)14)6(10)5(4)7(11)12;/h2*1-2,9-10H,(H,11,12);/q;;+2. The van der Waals surface area contributed by atoms with E-state index in [2.05, 4.69) is 5.58 Å². The molecular weight excluding hydrogens is 595 g/mol. The van der Waals surface area contributed by atoms with Crippen LogP contribution >= 0.6 is 0 Å². The molecule has 0 aliphatic rings. The fraction of sp³-hybridized carbons (Fsp3) is 0. The summed E-state index contributed by atoms with van der Waals surface area (Å²) >= 11 is -3.05. The van der Waals surface area contributed by atoms with Crippen molar-refractivity contribution in [2.24, 2.45) is 0 Å². The molecule has 14 nitrogen and oxygen atoms in total. The Morgan fingerprint density at radius 3 is 1.38 bits per heavy atom. The van der Waals surface area contributed by atoms with Crippen molar-refractivity contribution in [2.75, 3.05) is 0 Å². The molecule has 0 saturated heterocycles. The van der Waals surface area contributed by atoms with E-state index in [9.17, 15) is 39.8 Å². The van der Waals surface area contributed by atoms with Gasteiger partial charge in [-0.15, -0.1) is 0 Å². The van der Waals surface area contributed by atoms with Gasteiger partial charge < -0.3 is 0 Å². The van der Waals surface area contributed by atoms with Crippen LogP contribution in [0.15, 0.2) is 24.3 Å². The quantitative estimate of drug-likeness (QED) is 0.182. The first-order valence-corrected chi connectivity index (χ1v) is 10.3. The van der Waals surface area contributed by atoms with Crippen molar-refractivity contribution >= 4 is 48.5 Å². The zero-order valence-electron chi connectivity index (χ0n) is 13.8. The third-order valence-corrected chi connectivity index (χ3v) is 5.20. The van der Waals surface area contributed by atoms with Gasteiger partial charge in [0, 0.05) is 0 Å². The number of rotatable bonds is 8. The van der Waals surface area contributed by atoms with Crippen LogP contribution in [0, 0.1) is 9.81 Å². The first-order valence-electron chi connectivity index (χ1n) is 7.16. The third kappa shape index (κ3) is 4.42. The maximum absolute atomic E-state index is 11.9. The number of aromatic carboxylic acids is 2. The monoisotopic (exact) mass is 606 g/mol. The van der Waals surface area contributed by atoms with Gasteiger partial charge in [-0.3, -0.25) is 0 Å². The van der Waals surface area contributed by atoms with Gasteiger partial charge in [-0.1, -0.05) is 0 Å². The summed E-state index contributed by atoms with van der Waals surface area (Å²) in [7, 11) is 0. The summed E-state index contributed by atoms with van der Waals surface area (Å²) in [5.74, 6) is -7.19. The van der Waals surface area contributed by atoms with Gasteiger partial charge in [0.25, 0.3) is 0 Å². The number of hydrogen-bond donors (Lipinski definition) is 6. The summed E-state index contributed by atoms with van der Waals surface area (Å²) in [4.78, 5) is 45.1. The second-order valence-electron chi connectivity index (χ2n) is 5.05. The van der Waals surface area contributed by atoms with Crippen molar-refractivity contribution in [1.82, 2.24) is 0 Å². The number of benzene rings is 2. The second kappa shape index (κ2) is 8.54. The number of hydrogen-bond acceptors (Lipinski definition) is 10. The molecule has 0 unspecified atom stereocenters. The topological polar surface area (TPSA) is 214 Å². The fourth-order valence-electron chi connectivity index (χ4n) is 2.04. The van der Waals surface area contributed by atoms with Crippen LogP contribution in [0.2, 0.25) is 0 Å². The van der Waals surface area contributed by atoms with Crippen molar-refractivity contribution in [3.63, 3.8) is 0 Å². The molecule has 2 aromatic rings. The van der Waals surface area contributed by atoms with E-state index in [1.165, 1.54) is 0 Å².